The molecule has 1 aromatic heterocycles. The summed E-state index contributed by atoms with van der Waals surface area (Å²) in [6.45, 7) is 2.85. The molecule has 0 atom stereocenters. The summed E-state index contributed by atoms with van der Waals surface area (Å²) < 4.78 is 0. The predicted octanol–water partition coefficient (Wildman–Crippen LogP) is 2.98. The van der Waals surface area contributed by atoms with Crippen molar-refractivity contribution in [3.8, 4) is 0 Å². The van der Waals surface area contributed by atoms with Crippen LogP contribution in [0.25, 0.3) is 10.9 Å². The molecule has 0 fully saturated rings. The van der Waals surface area contributed by atoms with Gasteiger partial charge >= 0.3 is 0 Å². The number of nitrogens with one attached hydrogen (secondary N) is 2. The van der Waals surface area contributed by atoms with E-state index in [0.717, 1.165) is 28.0 Å². The van der Waals surface area contributed by atoms with E-state index in [9.17, 15) is 4.79 Å². The maximum atomic E-state index is 12.1. The number of pyridine rings is 1. The Morgan fingerprint density at radius 2 is 1.96 bits per heavy atom. The third-order valence-corrected chi connectivity index (χ3v) is 3.68. The second-order valence-corrected chi connectivity index (χ2v) is 5.58. The quantitative estimate of drug-likeness (QED) is 0.675. The van der Waals surface area contributed by atoms with Crippen molar-refractivity contribution in [1.29, 1.82) is 0 Å². The summed E-state index contributed by atoms with van der Waals surface area (Å²) in [6, 6.07) is 17.4. The monoisotopic (exact) mass is 320 g/mol. The summed E-state index contributed by atoms with van der Waals surface area (Å²) in [4.78, 5) is 16.6. The minimum absolute atomic E-state index is 0.125. The highest BCUT2D eigenvalue weighted by molar-refractivity contribution is 5.96. The molecule has 122 valence electrons. The average Bonchev–Trinajstić information content (AvgIpc) is 2.59. The largest absolute Gasteiger partial charge is 0.355 e. The van der Waals surface area contributed by atoms with Crippen LogP contribution in [-0.2, 0) is 0 Å². The van der Waals surface area contributed by atoms with Crippen molar-refractivity contribution in [3.05, 3.63) is 65.9 Å². The van der Waals surface area contributed by atoms with Crippen molar-refractivity contribution in [1.82, 2.24) is 10.3 Å². The van der Waals surface area contributed by atoms with Crippen molar-refractivity contribution in [2.24, 2.45) is 5.73 Å². The zero-order chi connectivity index (χ0) is 16.9. The molecule has 0 unspecified atom stereocenters. The molecule has 3 aromatic rings. The second kappa shape index (κ2) is 7.10. The van der Waals surface area contributed by atoms with E-state index in [2.05, 4.69) is 15.6 Å². The first-order chi connectivity index (χ1) is 11.7. The van der Waals surface area contributed by atoms with Crippen LogP contribution in [0.2, 0.25) is 0 Å². The molecule has 3 rings (SSSR count). The number of aromatic nitrogens is 1. The van der Waals surface area contributed by atoms with Crippen LogP contribution in [0, 0.1) is 6.92 Å². The fraction of sp³-hybridized carbons (Fsp3) is 0.158. The van der Waals surface area contributed by atoms with Crippen LogP contribution < -0.4 is 16.4 Å². The van der Waals surface area contributed by atoms with Crippen LogP contribution >= 0.6 is 0 Å². The van der Waals surface area contributed by atoms with E-state index in [1.54, 1.807) is 6.07 Å². The number of aryl methyl sites for hydroxylation is 1. The fourth-order valence-electron chi connectivity index (χ4n) is 2.59. The van der Waals surface area contributed by atoms with E-state index in [4.69, 9.17) is 5.73 Å². The van der Waals surface area contributed by atoms with Crippen LogP contribution in [0.15, 0.2) is 54.6 Å². The van der Waals surface area contributed by atoms with Crippen LogP contribution in [-0.4, -0.2) is 24.0 Å². The Labute approximate surface area is 140 Å². The maximum absolute atomic E-state index is 12.1. The first kappa shape index (κ1) is 16.0. The number of rotatable bonds is 5. The van der Waals surface area contributed by atoms with E-state index in [0.29, 0.717) is 18.7 Å². The maximum Gasteiger partial charge on any atom is 0.251 e. The number of nitrogens with two attached hydrogens (primary N) is 1. The van der Waals surface area contributed by atoms with Crippen LogP contribution in [0.5, 0.6) is 0 Å². The number of benzene rings is 2. The van der Waals surface area contributed by atoms with Gasteiger partial charge in [-0.1, -0.05) is 24.3 Å². The molecule has 2 aromatic carbocycles. The Bertz CT molecular complexity index is 876. The summed E-state index contributed by atoms with van der Waals surface area (Å²) in [7, 11) is 0. The molecule has 1 amide bonds. The number of hydrogen-bond acceptors (Lipinski definition) is 4. The lowest BCUT2D eigenvalue weighted by atomic mass is 10.1. The molecule has 0 spiro atoms. The average molecular weight is 320 g/mol. The lowest BCUT2D eigenvalue weighted by Crippen LogP contribution is -2.28. The van der Waals surface area contributed by atoms with Gasteiger partial charge in [0.1, 0.15) is 0 Å². The van der Waals surface area contributed by atoms with Crippen molar-refractivity contribution in [2.75, 3.05) is 18.4 Å². The van der Waals surface area contributed by atoms with Gasteiger partial charge in [-0.05, 0) is 37.3 Å². The van der Waals surface area contributed by atoms with Gasteiger partial charge in [0, 0.05) is 41.1 Å². The SMILES string of the molecule is Cc1cc(Nc2cccc(C(=O)NCCN)c2)c2ccccc2n1. The summed E-state index contributed by atoms with van der Waals surface area (Å²) in [5, 5.41) is 7.21. The van der Waals surface area contributed by atoms with Crippen LogP contribution in [0.3, 0.4) is 0 Å². The van der Waals surface area contributed by atoms with E-state index >= 15 is 0 Å². The van der Waals surface area contributed by atoms with Gasteiger partial charge in [-0.25, -0.2) is 0 Å². The second-order valence-electron chi connectivity index (χ2n) is 5.58. The van der Waals surface area contributed by atoms with Gasteiger partial charge in [-0.15, -0.1) is 0 Å². The van der Waals surface area contributed by atoms with Crippen molar-refractivity contribution in [3.63, 3.8) is 0 Å². The van der Waals surface area contributed by atoms with E-state index < -0.39 is 0 Å². The number of hydrogen-bond donors (Lipinski definition) is 3. The zero-order valence-corrected chi connectivity index (χ0v) is 13.5. The summed E-state index contributed by atoms with van der Waals surface area (Å²) in [5.41, 5.74) is 9.72. The molecule has 4 N–H and O–H groups in total. The smallest absolute Gasteiger partial charge is 0.251 e. The lowest BCUT2D eigenvalue weighted by molar-refractivity contribution is 0.0955. The molecule has 0 radical (unpaired) electrons. The van der Waals surface area contributed by atoms with Gasteiger partial charge in [0.05, 0.1) is 5.52 Å². The molecule has 5 nitrogen and oxygen atoms in total. The van der Waals surface area contributed by atoms with Crippen LogP contribution in [0.1, 0.15) is 16.1 Å². The number of anilines is 2. The van der Waals surface area contributed by atoms with Gasteiger partial charge < -0.3 is 16.4 Å². The standard InChI is InChI=1S/C19H20N4O/c1-13-11-18(16-7-2-3-8-17(16)22-13)23-15-6-4-5-14(12-15)19(24)21-10-9-20/h2-8,11-12H,9-10,20H2,1H3,(H,21,24)(H,22,23). The van der Waals surface area contributed by atoms with Crippen molar-refractivity contribution in [2.45, 2.75) is 6.92 Å². The first-order valence-corrected chi connectivity index (χ1v) is 7.89. The van der Waals surface area contributed by atoms with Crippen LogP contribution in [0.4, 0.5) is 11.4 Å². The Morgan fingerprint density at radius 3 is 2.79 bits per heavy atom. The normalized spacial score (nSPS) is 10.6. The van der Waals surface area contributed by atoms with E-state index in [1.807, 2.05) is 55.5 Å². The highest BCUT2D eigenvalue weighted by Gasteiger charge is 2.07. The van der Waals surface area contributed by atoms with Gasteiger partial charge in [0.2, 0.25) is 0 Å². The predicted molar refractivity (Wildman–Crippen MR) is 97.6 cm³/mol. The Hall–Kier alpha value is -2.92. The Morgan fingerprint density at radius 1 is 1.12 bits per heavy atom. The molecular formula is C19H20N4O. The molecule has 0 saturated heterocycles. The minimum Gasteiger partial charge on any atom is -0.355 e. The van der Waals surface area contributed by atoms with Crippen molar-refractivity contribution < 1.29 is 4.79 Å². The van der Waals surface area contributed by atoms with Gasteiger partial charge in [-0.2, -0.15) is 0 Å². The van der Waals surface area contributed by atoms with Gasteiger partial charge in [-0.3, -0.25) is 9.78 Å². The summed E-state index contributed by atoms with van der Waals surface area (Å²) in [5.74, 6) is -0.125. The number of nitrogens with zero attached hydrogens (tertiary/aromatic N) is 1. The third kappa shape index (κ3) is 3.52. The molecule has 5 heteroatoms. The highest BCUT2D eigenvalue weighted by atomic mass is 16.1. The summed E-state index contributed by atoms with van der Waals surface area (Å²) in [6.07, 6.45) is 0. The Balaban J connectivity index is 1.90. The van der Waals surface area contributed by atoms with Crippen molar-refractivity contribution >= 4 is 28.2 Å². The molecule has 0 aliphatic carbocycles. The topological polar surface area (TPSA) is 80.0 Å². The molecule has 0 saturated carbocycles. The Kier molecular flexibility index (Phi) is 4.72. The highest BCUT2D eigenvalue weighted by Crippen LogP contribution is 2.26. The molecule has 0 aliphatic heterocycles. The first-order valence-electron chi connectivity index (χ1n) is 7.89. The van der Waals surface area contributed by atoms with Gasteiger partial charge in [0.15, 0.2) is 0 Å². The number of carbonyl (C=O) groups is 1. The molecule has 1 heterocycles. The molecule has 0 aliphatic rings. The van der Waals surface area contributed by atoms with E-state index in [1.165, 1.54) is 0 Å². The molecule has 24 heavy (non-hydrogen) atoms. The zero-order valence-electron chi connectivity index (χ0n) is 13.5. The number of carbonyl (C=O) groups excluding carboxylic acids is 1. The van der Waals surface area contributed by atoms with E-state index in [-0.39, 0.29) is 5.91 Å². The third-order valence-electron chi connectivity index (χ3n) is 3.68. The number of para-hydroxylation sites is 1. The molecule has 0 bridgehead atoms. The van der Waals surface area contributed by atoms with Gasteiger partial charge in [0.25, 0.3) is 5.91 Å². The number of amides is 1. The summed E-state index contributed by atoms with van der Waals surface area (Å²) >= 11 is 0. The number of fused-ring (bicyclic) bond motifs is 1. The fourth-order valence-corrected chi connectivity index (χ4v) is 2.59. The minimum atomic E-state index is -0.125. The lowest BCUT2D eigenvalue weighted by Gasteiger charge is -2.12. The molecular weight excluding hydrogens is 300 g/mol.